The van der Waals surface area contributed by atoms with Crippen molar-refractivity contribution in [3.63, 3.8) is 0 Å². The molecule has 0 aromatic rings. The van der Waals surface area contributed by atoms with Gasteiger partial charge in [0.25, 0.3) is 0 Å². The number of rotatable bonds is 65. The van der Waals surface area contributed by atoms with Crippen LogP contribution in [0.25, 0.3) is 0 Å². The fourth-order valence-electron chi connectivity index (χ4n) is 10.7. The van der Waals surface area contributed by atoms with E-state index in [9.17, 15) is 19.0 Å². The van der Waals surface area contributed by atoms with E-state index in [1.807, 2.05) is 33.3 Å². The van der Waals surface area contributed by atoms with Crippen molar-refractivity contribution in [2.24, 2.45) is 0 Å². The number of quaternary nitrogens is 1. The molecule has 0 aromatic heterocycles. The van der Waals surface area contributed by atoms with Crippen molar-refractivity contribution in [1.29, 1.82) is 0 Å². The van der Waals surface area contributed by atoms with Gasteiger partial charge < -0.3 is 19.4 Å². The van der Waals surface area contributed by atoms with Crippen molar-refractivity contribution in [3.05, 3.63) is 24.3 Å². The number of amides is 1. The standard InChI is InChI=1S/C70H137N2O7P/c1-7-10-13-16-19-22-25-28-30-31-32-33-34-35-36-37-38-39-40-41-43-44-47-50-53-56-59-62-69(73)71-67(66-78-80(75,76)77-65-64-72(4,5)6)68(61-58-55-52-49-46-27-24-21-18-15-12-9-3)79-70(74)63-60-57-54-51-48-45-42-29-26-23-20-17-14-11-8-2/h23,26,58,61,67-68H,7-22,24-25,27-57,59-60,62-66H2,1-6H3,(H-,71,73,75,76)/p+1/b26-23-,61-58-. The zero-order valence-corrected chi connectivity index (χ0v) is 55.2. The molecule has 0 aromatic carbocycles. The summed E-state index contributed by atoms with van der Waals surface area (Å²) < 4.78 is 30.8. The van der Waals surface area contributed by atoms with E-state index in [0.717, 1.165) is 57.8 Å². The van der Waals surface area contributed by atoms with E-state index in [4.69, 9.17) is 13.8 Å². The summed E-state index contributed by atoms with van der Waals surface area (Å²) in [5.74, 6) is -0.490. The Morgan fingerprint density at radius 3 is 1.07 bits per heavy atom. The SMILES string of the molecule is CCCCCC/C=C\CCCCCCCCCC(=O)OC(/C=C\CCCCCCCCCCCC)C(COP(=O)(O)OCC[N+](C)(C)C)NC(=O)CCCCCCCCCCCCCCCCCCCCCCCCCCCCC. The Hall–Kier alpha value is -1.51. The highest BCUT2D eigenvalue weighted by Crippen LogP contribution is 2.43. The van der Waals surface area contributed by atoms with Crippen molar-refractivity contribution in [2.45, 2.75) is 373 Å². The predicted molar refractivity (Wildman–Crippen MR) is 346 cm³/mol. The number of phosphoric acid groups is 1. The summed E-state index contributed by atoms with van der Waals surface area (Å²) in [5, 5.41) is 3.07. The second-order valence-corrected chi connectivity index (χ2v) is 26.9. The van der Waals surface area contributed by atoms with Gasteiger partial charge in [0.2, 0.25) is 5.91 Å². The van der Waals surface area contributed by atoms with Gasteiger partial charge in [0.1, 0.15) is 19.3 Å². The first-order valence-electron chi connectivity index (χ1n) is 35.2. The molecular weight excluding hydrogens is 1010 g/mol. The molecule has 0 rings (SSSR count). The third-order valence-corrected chi connectivity index (χ3v) is 17.1. The number of ether oxygens (including phenoxy) is 1. The second kappa shape index (κ2) is 60.6. The zero-order valence-electron chi connectivity index (χ0n) is 54.4. The maximum Gasteiger partial charge on any atom is 0.472 e. The van der Waals surface area contributed by atoms with E-state index in [1.165, 1.54) is 270 Å². The smallest absolute Gasteiger partial charge is 0.456 e. The Morgan fingerprint density at radius 2 is 0.725 bits per heavy atom. The topological polar surface area (TPSA) is 111 Å². The minimum Gasteiger partial charge on any atom is -0.456 e. The van der Waals surface area contributed by atoms with E-state index in [-0.39, 0.29) is 25.1 Å². The Balaban J connectivity index is 4.95. The normalized spacial score (nSPS) is 13.6. The molecule has 1 amide bonds. The van der Waals surface area contributed by atoms with Crippen LogP contribution in [0, 0.1) is 0 Å². The molecule has 3 atom stereocenters. The molecule has 0 fully saturated rings. The van der Waals surface area contributed by atoms with Crippen LogP contribution in [0.4, 0.5) is 0 Å². The molecular formula is C70H138N2O7P+. The summed E-state index contributed by atoms with van der Waals surface area (Å²) >= 11 is 0. The summed E-state index contributed by atoms with van der Waals surface area (Å²) in [6.07, 6.45) is 73.4. The van der Waals surface area contributed by atoms with Gasteiger partial charge in [0, 0.05) is 12.8 Å². The highest BCUT2D eigenvalue weighted by Gasteiger charge is 2.30. The summed E-state index contributed by atoms with van der Waals surface area (Å²) in [6, 6.07) is -0.845. The molecule has 80 heavy (non-hydrogen) atoms. The molecule has 0 radical (unpaired) electrons. The van der Waals surface area contributed by atoms with Gasteiger partial charge in [0.15, 0.2) is 0 Å². The number of esters is 1. The average molecular weight is 1150 g/mol. The van der Waals surface area contributed by atoms with Crippen LogP contribution in [-0.4, -0.2) is 74.3 Å². The predicted octanol–water partition coefficient (Wildman–Crippen LogP) is 22.1. The number of likely N-dealkylation sites (N-methyl/N-ethyl adjacent to an activating group) is 1. The lowest BCUT2D eigenvalue weighted by molar-refractivity contribution is -0.870. The van der Waals surface area contributed by atoms with Crippen LogP contribution in [-0.2, 0) is 27.9 Å². The number of carbonyl (C=O) groups excluding carboxylic acids is 2. The lowest BCUT2D eigenvalue weighted by Crippen LogP contribution is -2.47. The van der Waals surface area contributed by atoms with E-state index < -0.39 is 20.0 Å². The molecule has 3 unspecified atom stereocenters. The molecule has 474 valence electrons. The van der Waals surface area contributed by atoms with E-state index >= 15 is 0 Å². The molecule has 0 bridgehead atoms. The number of allylic oxidation sites excluding steroid dienone is 3. The van der Waals surface area contributed by atoms with Crippen LogP contribution < -0.4 is 5.32 Å². The number of unbranched alkanes of at least 4 members (excludes halogenated alkanes) is 47. The number of phosphoric ester groups is 1. The van der Waals surface area contributed by atoms with E-state index in [0.29, 0.717) is 23.9 Å². The lowest BCUT2D eigenvalue weighted by atomic mass is 10.0. The number of carbonyl (C=O) groups is 2. The third-order valence-electron chi connectivity index (χ3n) is 16.1. The van der Waals surface area contributed by atoms with Crippen molar-refractivity contribution in [3.8, 4) is 0 Å². The minimum absolute atomic E-state index is 0.0434. The Labute approximate surface area is 498 Å². The van der Waals surface area contributed by atoms with Gasteiger partial charge in [-0.05, 0) is 57.4 Å². The van der Waals surface area contributed by atoms with E-state index in [1.54, 1.807) is 0 Å². The van der Waals surface area contributed by atoms with Gasteiger partial charge in [-0.15, -0.1) is 0 Å². The molecule has 0 saturated carbocycles. The maximum atomic E-state index is 13.6. The molecule has 0 aliphatic rings. The highest BCUT2D eigenvalue weighted by atomic mass is 31.2. The van der Waals surface area contributed by atoms with Crippen molar-refractivity contribution in [1.82, 2.24) is 5.32 Å². The fourth-order valence-corrected chi connectivity index (χ4v) is 11.4. The van der Waals surface area contributed by atoms with Crippen LogP contribution in [0.1, 0.15) is 361 Å². The largest absolute Gasteiger partial charge is 0.472 e. The van der Waals surface area contributed by atoms with Gasteiger partial charge >= 0.3 is 13.8 Å². The number of hydrogen-bond donors (Lipinski definition) is 2. The van der Waals surface area contributed by atoms with Crippen molar-refractivity contribution < 1.29 is 37.3 Å². The van der Waals surface area contributed by atoms with Crippen molar-refractivity contribution in [2.75, 3.05) is 40.9 Å². The quantitative estimate of drug-likeness (QED) is 0.0205. The third kappa shape index (κ3) is 61.1. The van der Waals surface area contributed by atoms with Gasteiger partial charge in [-0.3, -0.25) is 18.6 Å². The van der Waals surface area contributed by atoms with Crippen LogP contribution >= 0.6 is 7.82 Å². The molecule has 0 heterocycles. The van der Waals surface area contributed by atoms with E-state index in [2.05, 4.69) is 38.2 Å². The van der Waals surface area contributed by atoms with Crippen LogP contribution in [0.3, 0.4) is 0 Å². The first-order valence-corrected chi connectivity index (χ1v) is 36.7. The summed E-state index contributed by atoms with van der Waals surface area (Å²) in [4.78, 5) is 37.8. The second-order valence-electron chi connectivity index (χ2n) is 25.4. The first-order chi connectivity index (χ1) is 38.9. The highest BCUT2D eigenvalue weighted by molar-refractivity contribution is 7.47. The molecule has 9 nitrogen and oxygen atoms in total. The molecule has 2 N–H and O–H groups in total. The molecule has 0 aliphatic carbocycles. The average Bonchev–Trinajstić information content (AvgIpc) is 3.43. The van der Waals surface area contributed by atoms with Crippen LogP contribution in [0.15, 0.2) is 24.3 Å². The maximum absolute atomic E-state index is 13.6. The monoisotopic (exact) mass is 1150 g/mol. The zero-order chi connectivity index (χ0) is 58.6. The van der Waals surface area contributed by atoms with Crippen LogP contribution in [0.5, 0.6) is 0 Å². The summed E-state index contributed by atoms with van der Waals surface area (Å²) in [7, 11) is 1.51. The van der Waals surface area contributed by atoms with Crippen molar-refractivity contribution >= 4 is 19.7 Å². The minimum atomic E-state index is -4.45. The summed E-state index contributed by atoms with van der Waals surface area (Å²) in [5.41, 5.74) is 0. The molecule has 0 aliphatic heterocycles. The Morgan fingerprint density at radius 1 is 0.425 bits per heavy atom. The number of hydrogen-bond acceptors (Lipinski definition) is 6. The van der Waals surface area contributed by atoms with Gasteiger partial charge in [0.05, 0.1) is 33.8 Å². The lowest BCUT2D eigenvalue weighted by Gasteiger charge is -2.27. The Kier molecular flexibility index (Phi) is 59.5. The van der Waals surface area contributed by atoms with Gasteiger partial charge in [-0.1, -0.05) is 315 Å². The summed E-state index contributed by atoms with van der Waals surface area (Å²) in [6.45, 7) is 7.06. The number of nitrogens with one attached hydrogen (secondary N) is 1. The molecule has 10 heteroatoms. The van der Waals surface area contributed by atoms with Gasteiger partial charge in [-0.2, -0.15) is 0 Å². The van der Waals surface area contributed by atoms with Gasteiger partial charge in [-0.25, -0.2) is 4.57 Å². The molecule has 0 saturated heterocycles. The number of nitrogens with zero attached hydrogens (tertiary/aromatic N) is 1. The first kappa shape index (κ1) is 78.5. The Bertz CT molecular complexity index is 1420. The fraction of sp³-hybridized carbons (Fsp3) is 0.914. The van der Waals surface area contributed by atoms with Crippen LogP contribution in [0.2, 0.25) is 0 Å². The molecule has 0 spiro atoms.